The van der Waals surface area contributed by atoms with E-state index in [2.05, 4.69) is 10.1 Å². The molecule has 0 radical (unpaired) electrons. The minimum absolute atomic E-state index is 0.264. The highest BCUT2D eigenvalue weighted by atomic mass is 127. The lowest BCUT2D eigenvalue weighted by Gasteiger charge is -1.97. The molecular weight excluding hydrogens is 311 g/mol. The fraction of sp³-hybridized carbons (Fsp3) is 0.111. The van der Waals surface area contributed by atoms with Gasteiger partial charge in [0.15, 0.2) is 11.5 Å². The van der Waals surface area contributed by atoms with Gasteiger partial charge in [0, 0.05) is 28.2 Å². The average Bonchev–Trinajstić information content (AvgIpc) is 2.84. The zero-order valence-electron chi connectivity index (χ0n) is 7.44. The molecule has 2 aromatic rings. The van der Waals surface area contributed by atoms with Gasteiger partial charge in [-0.15, -0.1) is 0 Å². The summed E-state index contributed by atoms with van der Waals surface area (Å²) in [6.07, 6.45) is 0. The number of fused-ring (bicyclic) bond motifs is 1. The number of nitrogens with zero attached hydrogens (tertiary/aromatic N) is 2. The summed E-state index contributed by atoms with van der Waals surface area (Å²) in [6.45, 7) is 0.264. The number of hydrogen-bond acceptors (Lipinski definition) is 5. The van der Waals surface area contributed by atoms with Gasteiger partial charge in [0.25, 0.3) is 5.89 Å². The van der Waals surface area contributed by atoms with Crippen molar-refractivity contribution in [2.45, 2.75) is 0 Å². The van der Waals surface area contributed by atoms with Crippen LogP contribution in [0.5, 0.6) is 11.5 Å². The normalized spacial score (nSPS) is 13.1. The summed E-state index contributed by atoms with van der Waals surface area (Å²) >= 11 is 1.99. The van der Waals surface area contributed by atoms with Gasteiger partial charge in [0.05, 0.1) is 0 Å². The van der Waals surface area contributed by atoms with E-state index in [9.17, 15) is 0 Å². The number of benzene rings is 1. The Morgan fingerprint density at radius 1 is 1.20 bits per heavy atom. The van der Waals surface area contributed by atoms with Gasteiger partial charge in [0.1, 0.15) is 0 Å². The first kappa shape index (κ1) is 8.96. The second kappa shape index (κ2) is 3.37. The molecule has 1 aliphatic heterocycles. The summed E-state index contributed by atoms with van der Waals surface area (Å²) in [5, 5.41) is 3.72. The number of ether oxygens (including phenoxy) is 2. The standard InChI is InChI=1S/C9H5IN2O3/c10-9-11-8(15-12-9)5-1-2-6-7(3-5)14-4-13-6/h1-3H,4H2. The van der Waals surface area contributed by atoms with Gasteiger partial charge in [-0.05, 0) is 18.2 Å². The van der Waals surface area contributed by atoms with Crippen LogP contribution in [-0.4, -0.2) is 16.9 Å². The molecule has 0 saturated heterocycles. The SMILES string of the molecule is Ic1noc(-c2ccc3c(c2)OCO3)n1. The van der Waals surface area contributed by atoms with Crippen LogP contribution in [0.15, 0.2) is 22.7 Å². The molecule has 5 nitrogen and oxygen atoms in total. The van der Waals surface area contributed by atoms with E-state index in [1.54, 1.807) is 0 Å². The van der Waals surface area contributed by atoms with Gasteiger partial charge in [-0.25, -0.2) is 0 Å². The predicted octanol–water partition coefficient (Wildman–Crippen LogP) is 2.07. The Morgan fingerprint density at radius 3 is 2.87 bits per heavy atom. The predicted molar refractivity (Wildman–Crippen MR) is 58.6 cm³/mol. The third-order valence-electron chi connectivity index (χ3n) is 2.02. The van der Waals surface area contributed by atoms with Crippen LogP contribution < -0.4 is 9.47 Å². The first-order chi connectivity index (χ1) is 7.33. The summed E-state index contributed by atoms with van der Waals surface area (Å²) in [6, 6.07) is 5.51. The monoisotopic (exact) mass is 316 g/mol. The molecule has 0 aliphatic carbocycles. The van der Waals surface area contributed by atoms with Crippen LogP contribution >= 0.6 is 22.6 Å². The number of aromatic nitrogens is 2. The van der Waals surface area contributed by atoms with Crippen molar-refractivity contribution in [1.82, 2.24) is 10.1 Å². The van der Waals surface area contributed by atoms with Gasteiger partial charge < -0.3 is 14.0 Å². The Balaban J connectivity index is 2.06. The molecule has 0 unspecified atom stereocenters. The molecule has 0 fully saturated rings. The van der Waals surface area contributed by atoms with Gasteiger partial charge >= 0.3 is 0 Å². The van der Waals surface area contributed by atoms with Crippen LogP contribution in [0.4, 0.5) is 0 Å². The molecule has 1 aromatic heterocycles. The van der Waals surface area contributed by atoms with E-state index in [1.165, 1.54) is 0 Å². The van der Waals surface area contributed by atoms with Crippen LogP contribution in [0, 0.1) is 3.83 Å². The molecule has 76 valence electrons. The Bertz CT molecular complexity index is 512. The molecule has 1 aliphatic rings. The smallest absolute Gasteiger partial charge is 0.258 e. The molecule has 0 spiro atoms. The molecule has 2 heterocycles. The summed E-state index contributed by atoms with van der Waals surface area (Å²) in [7, 11) is 0. The maximum Gasteiger partial charge on any atom is 0.258 e. The van der Waals surface area contributed by atoms with E-state index in [4.69, 9.17) is 14.0 Å². The van der Waals surface area contributed by atoms with Gasteiger partial charge in [0.2, 0.25) is 10.6 Å². The fourth-order valence-electron chi connectivity index (χ4n) is 1.35. The third kappa shape index (κ3) is 1.54. The number of hydrogen-bond donors (Lipinski definition) is 0. The van der Waals surface area contributed by atoms with E-state index in [0.29, 0.717) is 15.5 Å². The van der Waals surface area contributed by atoms with E-state index in [1.807, 2.05) is 40.8 Å². The molecular formula is C9H5IN2O3. The van der Waals surface area contributed by atoms with Gasteiger partial charge in [-0.3, -0.25) is 0 Å². The minimum Gasteiger partial charge on any atom is -0.454 e. The summed E-state index contributed by atoms with van der Waals surface area (Å²) in [4.78, 5) is 4.12. The molecule has 0 N–H and O–H groups in total. The molecule has 0 saturated carbocycles. The third-order valence-corrected chi connectivity index (χ3v) is 2.46. The van der Waals surface area contributed by atoms with Crippen LogP contribution in [0.2, 0.25) is 0 Å². The Morgan fingerprint density at radius 2 is 2.07 bits per heavy atom. The quantitative estimate of drug-likeness (QED) is 0.754. The second-order valence-electron chi connectivity index (χ2n) is 2.94. The van der Waals surface area contributed by atoms with E-state index < -0.39 is 0 Å². The summed E-state index contributed by atoms with van der Waals surface area (Å²) in [5.41, 5.74) is 0.828. The van der Waals surface area contributed by atoms with Gasteiger partial charge in [-0.2, -0.15) is 4.98 Å². The Kier molecular flexibility index (Phi) is 2.01. The lowest BCUT2D eigenvalue weighted by molar-refractivity contribution is 0.174. The maximum atomic E-state index is 5.25. The molecule has 3 rings (SSSR count). The topological polar surface area (TPSA) is 57.4 Å². The average molecular weight is 316 g/mol. The van der Waals surface area contributed by atoms with Crippen LogP contribution in [-0.2, 0) is 0 Å². The maximum absolute atomic E-state index is 5.25. The van der Waals surface area contributed by atoms with Crippen molar-refractivity contribution in [1.29, 1.82) is 0 Å². The highest BCUT2D eigenvalue weighted by Gasteiger charge is 2.16. The van der Waals surface area contributed by atoms with Crippen molar-refractivity contribution in [2.24, 2.45) is 0 Å². The zero-order chi connectivity index (χ0) is 10.3. The van der Waals surface area contributed by atoms with Gasteiger partial charge in [-0.1, -0.05) is 5.16 Å². The van der Waals surface area contributed by atoms with E-state index in [-0.39, 0.29) is 6.79 Å². The first-order valence-electron chi connectivity index (χ1n) is 4.22. The van der Waals surface area contributed by atoms with Crippen LogP contribution in [0.25, 0.3) is 11.5 Å². The Hall–Kier alpha value is -1.31. The van der Waals surface area contributed by atoms with Crippen molar-refractivity contribution in [3.05, 3.63) is 22.0 Å². The molecule has 0 amide bonds. The first-order valence-corrected chi connectivity index (χ1v) is 5.30. The van der Waals surface area contributed by atoms with Crippen molar-refractivity contribution < 1.29 is 14.0 Å². The lowest BCUT2D eigenvalue weighted by atomic mass is 10.2. The zero-order valence-corrected chi connectivity index (χ0v) is 9.59. The van der Waals surface area contributed by atoms with Crippen LogP contribution in [0.1, 0.15) is 0 Å². The fourth-order valence-corrected chi connectivity index (χ4v) is 1.67. The van der Waals surface area contributed by atoms with E-state index >= 15 is 0 Å². The molecule has 1 aromatic carbocycles. The highest BCUT2D eigenvalue weighted by molar-refractivity contribution is 14.1. The molecule has 0 atom stereocenters. The van der Waals surface area contributed by atoms with E-state index in [0.717, 1.165) is 11.3 Å². The van der Waals surface area contributed by atoms with Crippen molar-refractivity contribution in [3.63, 3.8) is 0 Å². The highest BCUT2D eigenvalue weighted by Crippen LogP contribution is 2.35. The summed E-state index contributed by atoms with van der Waals surface area (Å²) in [5.74, 6) is 1.94. The van der Waals surface area contributed by atoms with Crippen molar-refractivity contribution >= 4 is 22.6 Å². The number of rotatable bonds is 1. The van der Waals surface area contributed by atoms with Crippen molar-refractivity contribution in [3.8, 4) is 23.0 Å². The number of halogens is 1. The molecule has 0 bridgehead atoms. The van der Waals surface area contributed by atoms with Crippen molar-refractivity contribution in [2.75, 3.05) is 6.79 Å². The van der Waals surface area contributed by atoms with Crippen LogP contribution in [0.3, 0.4) is 0 Å². The molecule has 6 heteroatoms. The lowest BCUT2D eigenvalue weighted by Crippen LogP contribution is -1.92. The molecule has 15 heavy (non-hydrogen) atoms. The largest absolute Gasteiger partial charge is 0.454 e. The summed E-state index contributed by atoms with van der Waals surface area (Å²) < 4.78 is 16.1. The Labute approximate surface area is 98.5 Å². The minimum atomic E-state index is 0.264. The second-order valence-corrected chi connectivity index (χ2v) is 3.90.